The average Bonchev–Trinajstić information content (AvgIpc) is 3.39. The van der Waals surface area contributed by atoms with Crippen LogP contribution in [0.15, 0.2) is 46.7 Å². The summed E-state index contributed by atoms with van der Waals surface area (Å²) in [5, 5.41) is 30.4. The van der Waals surface area contributed by atoms with Crippen LogP contribution in [0.2, 0.25) is 5.02 Å². The highest BCUT2D eigenvalue weighted by Gasteiger charge is 2.22. The number of hydrogen-bond acceptors (Lipinski definition) is 9. The van der Waals surface area contributed by atoms with Gasteiger partial charge in [0.1, 0.15) is 41.6 Å². The second-order valence-corrected chi connectivity index (χ2v) is 10.0. The third-order valence-corrected chi connectivity index (χ3v) is 7.57. The van der Waals surface area contributed by atoms with E-state index in [-0.39, 0.29) is 35.4 Å². The fourth-order valence-corrected chi connectivity index (χ4v) is 5.72. The zero-order chi connectivity index (χ0) is 30.1. The van der Waals surface area contributed by atoms with Gasteiger partial charge in [0, 0.05) is 33.8 Å². The van der Waals surface area contributed by atoms with Gasteiger partial charge >= 0.3 is 12.6 Å². The largest absolute Gasteiger partial charge is 0.491 e. The number of rotatable bonds is 8. The van der Waals surface area contributed by atoms with E-state index in [4.69, 9.17) is 16.3 Å². The topological polar surface area (TPSA) is 151 Å². The van der Waals surface area contributed by atoms with E-state index < -0.39 is 35.0 Å². The number of ether oxygens (including phenoxy) is 2. The molecule has 0 bridgehead atoms. The predicted molar refractivity (Wildman–Crippen MR) is 149 cm³/mol. The van der Waals surface area contributed by atoms with E-state index in [1.807, 2.05) is 0 Å². The second kappa shape index (κ2) is 11.4. The van der Waals surface area contributed by atoms with E-state index in [0.717, 1.165) is 6.07 Å². The van der Waals surface area contributed by atoms with Crippen molar-refractivity contribution in [1.29, 1.82) is 10.5 Å². The van der Waals surface area contributed by atoms with Gasteiger partial charge in [0.25, 0.3) is 5.56 Å². The second-order valence-electron chi connectivity index (χ2n) is 8.72. The summed E-state index contributed by atoms with van der Waals surface area (Å²) in [6.07, 6.45) is 1.49. The molecule has 5 rings (SSSR count). The molecule has 5 aromatic rings. The molecule has 0 unspecified atom stereocenters. The molecule has 0 atom stereocenters. The molecule has 0 saturated carbocycles. The maximum Gasteiger partial charge on any atom is 0.387 e. The Labute approximate surface area is 244 Å². The van der Waals surface area contributed by atoms with Crippen molar-refractivity contribution >= 4 is 50.0 Å². The summed E-state index contributed by atoms with van der Waals surface area (Å²) >= 11 is 7.50. The molecule has 0 aliphatic rings. The fourth-order valence-electron chi connectivity index (χ4n) is 4.52. The molecule has 210 valence electrons. The molecule has 0 spiro atoms. The molecule has 0 fully saturated rings. The van der Waals surface area contributed by atoms with E-state index in [0.29, 0.717) is 32.1 Å². The zero-order valence-corrected chi connectivity index (χ0v) is 23.0. The molecule has 0 radical (unpaired) electrons. The molecule has 2 aromatic carbocycles. The van der Waals surface area contributed by atoms with Crippen molar-refractivity contribution in [2.45, 2.75) is 20.1 Å². The number of fused-ring (bicyclic) bond motifs is 2. The Balaban J connectivity index is 1.51. The average molecular weight is 608 g/mol. The number of carboxylic acids is 1. The molecule has 14 heteroatoms. The lowest BCUT2D eigenvalue weighted by Gasteiger charge is -2.16. The van der Waals surface area contributed by atoms with Crippen LogP contribution in [-0.4, -0.2) is 38.8 Å². The standard InChI is InChI=1S/C28H16ClF2N5O5S/c1-13-35-20-9-22(41-28(30)31)17(10-32)18(11-33)23(20)26(37)36(13)6-7-40-21-3-2-14(29)8-16(21)15-4-5-34-24-19(27(38)39)12-42-25(15)24/h2-5,8-9,12,28H,6-7H2,1H3,(H,38,39). The highest BCUT2D eigenvalue weighted by Crippen LogP contribution is 2.39. The molecule has 0 amide bonds. The number of nitrogens with zero attached hydrogens (tertiary/aromatic N) is 5. The monoisotopic (exact) mass is 607 g/mol. The van der Waals surface area contributed by atoms with Gasteiger partial charge in [-0.15, -0.1) is 11.3 Å². The Kier molecular flexibility index (Phi) is 7.72. The Hall–Kier alpha value is -5.11. The van der Waals surface area contributed by atoms with Crippen LogP contribution in [0.4, 0.5) is 8.78 Å². The lowest BCUT2D eigenvalue weighted by Crippen LogP contribution is -2.27. The van der Waals surface area contributed by atoms with E-state index in [1.54, 1.807) is 36.4 Å². The summed E-state index contributed by atoms with van der Waals surface area (Å²) in [7, 11) is 0. The highest BCUT2D eigenvalue weighted by molar-refractivity contribution is 7.18. The predicted octanol–water partition coefficient (Wildman–Crippen LogP) is 5.76. The number of aromatic carboxylic acids is 1. The molecule has 10 nitrogen and oxygen atoms in total. The van der Waals surface area contributed by atoms with Gasteiger partial charge in [-0.05, 0) is 31.2 Å². The van der Waals surface area contributed by atoms with Gasteiger partial charge in [0.2, 0.25) is 0 Å². The number of hydrogen-bond donors (Lipinski definition) is 1. The number of thiophene rings is 1. The fraction of sp³-hybridized carbons (Fsp3) is 0.143. The number of benzene rings is 2. The number of carboxylic acid groups (broad SMARTS) is 1. The summed E-state index contributed by atoms with van der Waals surface area (Å²) in [6, 6.07) is 11.1. The number of alkyl halides is 2. The minimum Gasteiger partial charge on any atom is -0.491 e. The number of carbonyl (C=O) groups is 1. The minimum atomic E-state index is -3.25. The third-order valence-electron chi connectivity index (χ3n) is 6.33. The van der Waals surface area contributed by atoms with Gasteiger partial charge in [0.05, 0.1) is 38.8 Å². The third kappa shape index (κ3) is 5.07. The SMILES string of the molecule is Cc1nc2cc(OC(F)F)c(C#N)c(C#N)c2c(=O)n1CCOc1ccc(Cl)cc1-c1ccnc2c(C(=O)O)csc12. The van der Waals surface area contributed by atoms with Crippen molar-refractivity contribution < 1.29 is 28.2 Å². The summed E-state index contributed by atoms with van der Waals surface area (Å²) in [5.41, 5.74) is -0.0200. The van der Waals surface area contributed by atoms with Crippen LogP contribution in [0.1, 0.15) is 27.3 Å². The maximum atomic E-state index is 13.5. The molecule has 1 N–H and O–H groups in total. The maximum absolute atomic E-state index is 13.5. The van der Waals surface area contributed by atoms with Crippen molar-refractivity contribution in [2.75, 3.05) is 6.61 Å². The van der Waals surface area contributed by atoms with Crippen LogP contribution in [0.25, 0.3) is 32.2 Å². The van der Waals surface area contributed by atoms with Crippen molar-refractivity contribution in [3.63, 3.8) is 0 Å². The van der Waals surface area contributed by atoms with Crippen LogP contribution in [0.3, 0.4) is 0 Å². The number of aromatic nitrogens is 3. The van der Waals surface area contributed by atoms with Gasteiger partial charge in [-0.1, -0.05) is 11.6 Å². The Bertz CT molecular complexity index is 2050. The van der Waals surface area contributed by atoms with Crippen LogP contribution in [-0.2, 0) is 6.54 Å². The van der Waals surface area contributed by atoms with Crippen LogP contribution >= 0.6 is 22.9 Å². The van der Waals surface area contributed by atoms with Crippen molar-refractivity contribution in [3.8, 4) is 34.8 Å². The number of pyridine rings is 1. The van der Waals surface area contributed by atoms with Gasteiger partial charge < -0.3 is 14.6 Å². The van der Waals surface area contributed by atoms with Crippen LogP contribution in [0.5, 0.6) is 11.5 Å². The van der Waals surface area contributed by atoms with E-state index >= 15 is 0 Å². The molecule has 3 aromatic heterocycles. The summed E-state index contributed by atoms with van der Waals surface area (Å²) in [4.78, 5) is 33.6. The van der Waals surface area contributed by atoms with Gasteiger partial charge in [-0.3, -0.25) is 14.3 Å². The van der Waals surface area contributed by atoms with Crippen molar-refractivity contribution in [1.82, 2.24) is 14.5 Å². The summed E-state index contributed by atoms with van der Waals surface area (Å²) in [6.45, 7) is -1.79. The smallest absolute Gasteiger partial charge is 0.387 e. The first-order valence-corrected chi connectivity index (χ1v) is 13.3. The Morgan fingerprint density at radius 1 is 1.17 bits per heavy atom. The summed E-state index contributed by atoms with van der Waals surface area (Å²) < 4.78 is 38.1. The number of nitriles is 2. The van der Waals surface area contributed by atoms with E-state index in [2.05, 4.69) is 14.7 Å². The molecule has 0 saturated heterocycles. The molecule has 3 heterocycles. The number of halogens is 3. The first kappa shape index (κ1) is 28.4. The molecular weight excluding hydrogens is 592 g/mol. The normalized spacial score (nSPS) is 11.0. The van der Waals surface area contributed by atoms with E-state index in [9.17, 15) is 34.0 Å². The Morgan fingerprint density at radius 3 is 2.62 bits per heavy atom. The summed E-state index contributed by atoms with van der Waals surface area (Å²) in [5.74, 6) is -1.04. The van der Waals surface area contributed by atoms with Gasteiger partial charge in [-0.2, -0.15) is 19.3 Å². The van der Waals surface area contributed by atoms with Crippen molar-refractivity contribution in [2.24, 2.45) is 0 Å². The van der Waals surface area contributed by atoms with E-state index in [1.165, 1.54) is 34.4 Å². The van der Waals surface area contributed by atoms with Gasteiger partial charge in [0.15, 0.2) is 0 Å². The lowest BCUT2D eigenvalue weighted by atomic mass is 10.0. The quantitative estimate of drug-likeness (QED) is 0.232. The molecule has 42 heavy (non-hydrogen) atoms. The van der Waals surface area contributed by atoms with Gasteiger partial charge in [-0.25, -0.2) is 9.78 Å². The first-order chi connectivity index (χ1) is 20.1. The van der Waals surface area contributed by atoms with Crippen LogP contribution in [0, 0.1) is 29.6 Å². The van der Waals surface area contributed by atoms with Crippen molar-refractivity contribution in [3.05, 3.63) is 79.8 Å². The first-order valence-electron chi connectivity index (χ1n) is 12.0. The lowest BCUT2D eigenvalue weighted by molar-refractivity contribution is -0.0499. The zero-order valence-electron chi connectivity index (χ0n) is 21.4. The Morgan fingerprint density at radius 2 is 1.93 bits per heavy atom. The molecule has 0 aliphatic carbocycles. The minimum absolute atomic E-state index is 0.0222. The molecular formula is C28H16ClF2N5O5S. The number of aryl methyl sites for hydroxylation is 1. The van der Waals surface area contributed by atoms with Crippen LogP contribution < -0.4 is 15.0 Å². The molecule has 0 aliphatic heterocycles. The highest BCUT2D eigenvalue weighted by atomic mass is 35.5.